The molecule has 3 rings (SSSR count). The van der Waals surface area contributed by atoms with Crippen LogP contribution in [0.5, 0.6) is 17.2 Å². The predicted molar refractivity (Wildman–Crippen MR) is 115 cm³/mol. The molecule has 0 saturated heterocycles. The highest BCUT2D eigenvalue weighted by Crippen LogP contribution is 2.29. The molecule has 0 radical (unpaired) electrons. The van der Waals surface area contributed by atoms with E-state index in [1.807, 2.05) is 51.1 Å². The number of benzene rings is 2. The number of nitrogens with one attached hydrogen (secondary N) is 1. The summed E-state index contributed by atoms with van der Waals surface area (Å²) in [6.07, 6.45) is 0. The molecule has 0 aliphatic carbocycles. The zero-order chi connectivity index (χ0) is 21.5. The Bertz CT molecular complexity index is 996. The van der Waals surface area contributed by atoms with Crippen molar-refractivity contribution in [2.24, 2.45) is 7.05 Å². The molecule has 0 fully saturated rings. The summed E-state index contributed by atoms with van der Waals surface area (Å²) >= 11 is 0. The van der Waals surface area contributed by atoms with E-state index < -0.39 is 0 Å². The minimum Gasteiger partial charge on any atom is -0.490 e. The Balaban J connectivity index is 1.60. The predicted octanol–water partition coefficient (Wildman–Crippen LogP) is 4.36. The van der Waals surface area contributed by atoms with Crippen molar-refractivity contribution < 1.29 is 19.0 Å². The van der Waals surface area contributed by atoms with Crippen LogP contribution in [0.15, 0.2) is 48.5 Å². The molecular formula is C23H27N3O4. The molecule has 0 bridgehead atoms. The van der Waals surface area contributed by atoms with Gasteiger partial charge in [-0.2, -0.15) is 5.10 Å². The van der Waals surface area contributed by atoms with Crippen molar-refractivity contribution in [2.75, 3.05) is 18.5 Å². The Morgan fingerprint density at radius 3 is 2.30 bits per heavy atom. The number of nitrogens with zero attached hydrogens (tertiary/aromatic N) is 2. The van der Waals surface area contributed by atoms with Crippen LogP contribution in [0.3, 0.4) is 0 Å². The minimum atomic E-state index is -0.204. The van der Waals surface area contributed by atoms with Gasteiger partial charge in [0.15, 0.2) is 11.5 Å². The first-order chi connectivity index (χ1) is 14.5. The summed E-state index contributed by atoms with van der Waals surface area (Å²) in [4.78, 5) is 12.4. The van der Waals surface area contributed by atoms with E-state index >= 15 is 0 Å². The molecule has 1 N–H and O–H groups in total. The highest BCUT2D eigenvalue weighted by molar-refractivity contribution is 6.03. The van der Waals surface area contributed by atoms with Crippen LogP contribution in [-0.2, 0) is 13.7 Å². The van der Waals surface area contributed by atoms with Gasteiger partial charge >= 0.3 is 0 Å². The van der Waals surface area contributed by atoms with Gasteiger partial charge in [0.25, 0.3) is 5.91 Å². The van der Waals surface area contributed by atoms with Crippen LogP contribution in [0.2, 0.25) is 0 Å². The van der Waals surface area contributed by atoms with E-state index in [4.69, 9.17) is 14.2 Å². The van der Waals surface area contributed by atoms with Gasteiger partial charge in [0.2, 0.25) is 0 Å². The Morgan fingerprint density at radius 2 is 1.67 bits per heavy atom. The zero-order valence-corrected chi connectivity index (χ0v) is 17.8. The molecule has 1 amide bonds. The highest BCUT2D eigenvalue weighted by atomic mass is 16.5. The fourth-order valence-electron chi connectivity index (χ4n) is 3.00. The second-order valence-corrected chi connectivity index (χ2v) is 6.71. The van der Waals surface area contributed by atoms with Crippen LogP contribution in [0, 0.1) is 6.92 Å². The summed E-state index contributed by atoms with van der Waals surface area (Å²) in [6, 6.07) is 14.8. The van der Waals surface area contributed by atoms with E-state index in [9.17, 15) is 4.79 Å². The maximum absolute atomic E-state index is 12.4. The van der Waals surface area contributed by atoms with E-state index in [-0.39, 0.29) is 5.91 Å². The van der Waals surface area contributed by atoms with Crippen LogP contribution < -0.4 is 19.5 Å². The summed E-state index contributed by atoms with van der Waals surface area (Å²) in [5.74, 6) is 1.94. The third-order valence-corrected chi connectivity index (χ3v) is 4.36. The van der Waals surface area contributed by atoms with Crippen molar-refractivity contribution >= 4 is 11.6 Å². The SMILES string of the molecule is CCOc1ccc(COc2ccc(NC(=O)c3cc(C)nn3C)cc2)cc1OCC. The Kier molecular flexibility index (Phi) is 6.95. The highest BCUT2D eigenvalue weighted by Gasteiger charge is 2.12. The Labute approximate surface area is 176 Å². The summed E-state index contributed by atoms with van der Waals surface area (Å²) in [6.45, 7) is 7.28. The van der Waals surface area contributed by atoms with Gasteiger partial charge in [-0.05, 0) is 68.8 Å². The van der Waals surface area contributed by atoms with E-state index in [0.29, 0.717) is 42.7 Å². The number of anilines is 1. The van der Waals surface area contributed by atoms with Crippen molar-refractivity contribution in [1.82, 2.24) is 9.78 Å². The summed E-state index contributed by atoms with van der Waals surface area (Å²) < 4.78 is 18.7. The number of aromatic nitrogens is 2. The van der Waals surface area contributed by atoms with Crippen molar-refractivity contribution in [3.63, 3.8) is 0 Å². The van der Waals surface area contributed by atoms with Crippen molar-refractivity contribution in [3.05, 3.63) is 65.5 Å². The molecule has 0 spiro atoms. The van der Waals surface area contributed by atoms with Gasteiger partial charge in [-0.25, -0.2) is 0 Å². The smallest absolute Gasteiger partial charge is 0.273 e. The van der Waals surface area contributed by atoms with Crippen LogP contribution >= 0.6 is 0 Å². The molecule has 1 heterocycles. The molecule has 0 saturated carbocycles. The molecule has 158 valence electrons. The van der Waals surface area contributed by atoms with Gasteiger partial charge in [-0.1, -0.05) is 6.07 Å². The van der Waals surface area contributed by atoms with Gasteiger partial charge in [-0.15, -0.1) is 0 Å². The zero-order valence-electron chi connectivity index (χ0n) is 17.8. The number of hydrogen-bond acceptors (Lipinski definition) is 5. The number of amides is 1. The summed E-state index contributed by atoms with van der Waals surface area (Å²) in [7, 11) is 1.75. The molecular weight excluding hydrogens is 382 g/mol. The fraction of sp³-hybridized carbons (Fsp3) is 0.304. The van der Waals surface area contributed by atoms with E-state index in [2.05, 4.69) is 10.4 Å². The fourth-order valence-corrected chi connectivity index (χ4v) is 3.00. The summed E-state index contributed by atoms with van der Waals surface area (Å²) in [5, 5.41) is 7.06. The van der Waals surface area contributed by atoms with E-state index in [0.717, 1.165) is 17.0 Å². The normalized spacial score (nSPS) is 10.5. The number of ether oxygens (including phenoxy) is 3. The summed E-state index contributed by atoms with van der Waals surface area (Å²) in [5.41, 5.74) is 2.97. The number of aryl methyl sites for hydroxylation is 2. The van der Waals surface area contributed by atoms with Gasteiger partial charge < -0.3 is 19.5 Å². The number of hydrogen-bond donors (Lipinski definition) is 1. The first kappa shape index (κ1) is 21.2. The van der Waals surface area contributed by atoms with Crippen molar-refractivity contribution in [2.45, 2.75) is 27.4 Å². The second-order valence-electron chi connectivity index (χ2n) is 6.71. The average Bonchev–Trinajstić information content (AvgIpc) is 3.07. The number of rotatable bonds is 9. The van der Waals surface area contributed by atoms with Gasteiger partial charge in [0, 0.05) is 12.7 Å². The topological polar surface area (TPSA) is 74.6 Å². The van der Waals surface area contributed by atoms with E-state index in [1.54, 1.807) is 29.9 Å². The molecule has 2 aromatic carbocycles. The van der Waals surface area contributed by atoms with Gasteiger partial charge in [-0.3, -0.25) is 9.48 Å². The maximum Gasteiger partial charge on any atom is 0.273 e. The molecule has 7 nitrogen and oxygen atoms in total. The lowest BCUT2D eigenvalue weighted by molar-refractivity contribution is 0.101. The number of carbonyl (C=O) groups excluding carboxylic acids is 1. The largest absolute Gasteiger partial charge is 0.490 e. The van der Waals surface area contributed by atoms with Gasteiger partial charge in [0.1, 0.15) is 18.1 Å². The van der Waals surface area contributed by atoms with Crippen LogP contribution in [-0.4, -0.2) is 28.9 Å². The van der Waals surface area contributed by atoms with Gasteiger partial charge in [0.05, 0.1) is 18.9 Å². The van der Waals surface area contributed by atoms with Crippen molar-refractivity contribution in [3.8, 4) is 17.2 Å². The lowest BCUT2D eigenvalue weighted by Gasteiger charge is -2.13. The standard InChI is InChI=1S/C23H27N3O4/c1-5-28-21-12-7-17(14-22(21)29-6-2)15-30-19-10-8-18(9-11-19)24-23(27)20-13-16(3)25-26(20)4/h7-14H,5-6,15H2,1-4H3,(H,24,27). The molecule has 0 atom stereocenters. The molecule has 0 aliphatic rings. The first-order valence-corrected chi connectivity index (χ1v) is 9.93. The van der Waals surface area contributed by atoms with Crippen LogP contribution in [0.4, 0.5) is 5.69 Å². The quantitative estimate of drug-likeness (QED) is 0.568. The number of carbonyl (C=O) groups is 1. The lowest BCUT2D eigenvalue weighted by Crippen LogP contribution is -2.15. The molecule has 7 heteroatoms. The third kappa shape index (κ3) is 5.31. The van der Waals surface area contributed by atoms with E-state index in [1.165, 1.54) is 0 Å². The Morgan fingerprint density at radius 1 is 0.967 bits per heavy atom. The molecule has 30 heavy (non-hydrogen) atoms. The maximum atomic E-state index is 12.4. The second kappa shape index (κ2) is 9.82. The van der Waals surface area contributed by atoms with Crippen LogP contribution in [0.1, 0.15) is 35.6 Å². The third-order valence-electron chi connectivity index (χ3n) is 4.36. The molecule has 0 aliphatic heterocycles. The molecule has 0 unspecified atom stereocenters. The first-order valence-electron chi connectivity index (χ1n) is 9.93. The lowest BCUT2D eigenvalue weighted by atomic mass is 10.2. The molecule has 3 aromatic rings. The average molecular weight is 409 g/mol. The molecule has 1 aromatic heterocycles. The monoisotopic (exact) mass is 409 g/mol. The van der Waals surface area contributed by atoms with Crippen molar-refractivity contribution in [1.29, 1.82) is 0 Å². The van der Waals surface area contributed by atoms with Crippen LogP contribution in [0.25, 0.3) is 0 Å². The minimum absolute atomic E-state index is 0.204. The Hall–Kier alpha value is -3.48.